The Morgan fingerprint density at radius 3 is 2.34 bits per heavy atom. The third-order valence-corrected chi connectivity index (χ3v) is 6.27. The maximum Gasteiger partial charge on any atom is 0.270 e. The highest BCUT2D eigenvalue weighted by atomic mass is 35.5. The Morgan fingerprint density at radius 1 is 1.03 bits per heavy atom. The number of halogens is 1. The molecule has 2 heterocycles. The van der Waals surface area contributed by atoms with Gasteiger partial charge in [-0.3, -0.25) is 14.4 Å². The molecule has 4 N–H and O–H groups in total. The van der Waals surface area contributed by atoms with E-state index in [9.17, 15) is 14.4 Å². The van der Waals surface area contributed by atoms with Crippen LogP contribution in [0.3, 0.4) is 0 Å². The fraction of sp³-hybridized carbons (Fsp3) is 0.192. The molecule has 4 rings (SSSR count). The first-order chi connectivity index (χ1) is 16.8. The lowest BCUT2D eigenvalue weighted by atomic mass is 10.0. The molecule has 0 radical (unpaired) electrons. The number of amides is 3. The van der Waals surface area contributed by atoms with Gasteiger partial charge in [0.15, 0.2) is 6.61 Å². The van der Waals surface area contributed by atoms with Crippen molar-refractivity contribution in [3.8, 4) is 28.1 Å². The van der Waals surface area contributed by atoms with E-state index in [0.29, 0.717) is 41.5 Å². The summed E-state index contributed by atoms with van der Waals surface area (Å²) in [6.45, 7) is 0.501. The van der Waals surface area contributed by atoms with Crippen LogP contribution in [-0.4, -0.2) is 46.9 Å². The van der Waals surface area contributed by atoms with Crippen molar-refractivity contribution >= 4 is 29.3 Å². The van der Waals surface area contributed by atoms with E-state index in [-0.39, 0.29) is 12.5 Å². The van der Waals surface area contributed by atoms with Crippen molar-refractivity contribution in [2.24, 2.45) is 18.5 Å². The lowest BCUT2D eigenvalue weighted by molar-refractivity contribution is -0.120. The molecule has 3 amide bonds. The number of carbonyl (C=O) groups is 3. The Bertz CT molecular complexity index is 1330. The van der Waals surface area contributed by atoms with Crippen LogP contribution in [0.4, 0.5) is 0 Å². The summed E-state index contributed by atoms with van der Waals surface area (Å²) in [5, 5.41) is 0.562. The Balaban J connectivity index is 1.75. The molecule has 0 unspecified atom stereocenters. The summed E-state index contributed by atoms with van der Waals surface area (Å²) in [6, 6.07) is 16.5. The molecule has 0 saturated carbocycles. The number of primary amides is 2. The van der Waals surface area contributed by atoms with Crippen LogP contribution in [-0.2, 0) is 16.6 Å². The highest BCUT2D eigenvalue weighted by Gasteiger charge is 2.26. The van der Waals surface area contributed by atoms with Crippen LogP contribution < -0.4 is 16.2 Å². The second kappa shape index (κ2) is 10.1. The molecule has 1 aliphatic heterocycles. The van der Waals surface area contributed by atoms with Crippen molar-refractivity contribution in [3.63, 3.8) is 0 Å². The molecule has 0 atom stereocenters. The van der Waals surface area contributed by atoms with E-state index in [1.165, 1.54) is 0 Å². The summed E-state index contributed by atoms with van der Waals surface area (Å²) in [5.74, 6) is -0.672. The number of nitrogens with zero attached hydrogens (tertiary/aromatic N) is 2. The smallest absolute Gasteiger partial charge is 0.270 e. The highest BCUT2D eigenvalue weighted by Crippen LogP contribution is 2.39. The van der Waals surface area contributed by atoms with Crippen LogP contribution >= 0.6 is 11.6 Å². The third kappa shape index (κ3) is 5.07. The van der Waals surface area contributed by atoms with E-state index in [1.54, 1.807) is 29.2 Å². The molecule has 0 saturated heterocycles. The summed E-state index contributed by atoms with van der Waals surface area (Å²) in [4.78, 5) is 37.6. The quantitative estimate of drug-likeness (QED) is 0.526. The Labute approximate surface area is 207 Å². The average molecular weight is 493 g/mol. The standard InChI is InChI=1S/C26H25ClN4O4/c1-30-22(26(34)31-12-10-17(11-13-31)25(29)33)14-20(19-4-2-3-5-21(19)27)24(30)16-6-8-18(9-7-16)35-15-23(28)32/h2-10,14H,11-13,15H2,1H3,(H2,28,32)(H2,29,33). The fourth-order valence-electron chi connectivity index (χ4n) is 4.15. The minimum atomic E-state index is -0.559. The number of nitrogens with two attached hydrogens (primary N) is 2. The van der Waals surface area contributed by atoms with Gasteiger partial charge in [-0.2, -0.15) is 0 Å². The van der Waals surface area contributed by atoms with Crippen molar-refractivity contribution in [2.45, 2.75) is 6.42 Å². The maximum absolute atomic E-state index is 13.5. The first-order valence-electron chi connectivity index (χ1n) is 11.0. The molecule has 0 aliphatic carbocycles. The zero-order valence-corrected chi connectivity index (χ0v) is 19.9. The van der Waals surface area contributed by atoms with Gasteiger partial charge in [0.1, 0.15) is 11.4 Å². The van der Waals surface area contributed by atoms with Crippen molar-refractivity contribution < 1.29 is 19.1 Å². The van der Waals surface area contributed by atoms with Gasteiger partial charge in [-0.1, -0.05) is 35.9 Å². The zero-order valence-electron chi connectivity index (χ0n) is 19.2. The van der Waals surface area contributed by atoms with Gasteiger partial charge in [0.2, 0.25) is 5.91 Å². The van der Waals surface area contributed by atoms with Gasteiger partial charge in [0.25, 0.3) is 11.8 Å². The summed E-state index contributed by atoms with van der Waals surface area (Å²) < 4.78 is 7.21. The molecule has 180 valence electrons. The molecule has 0 fully saturated rings. The van der Waals surface area contributed by atoms with E-state index >= 15 is 0 Å². The largest absolute Gasteiger partial charge is 0.484 e. The zero-order chi connectivity index (χ0) is 25.1. The molecular weight excluding hydrogens is 468 g/mol. The number of hydrogen-bond donors (Lipinski definition) is 2. The molecule has 35 heavy (non-hydrogen) atoms. The predicted octanol–water partition coefficient (Wildman–Crippen LogP) is 3.13. The van der Waals surface area contributed by atoms with Gasteiger partial charge in [0.05, 0.1) is 5.69 Å². The Kier molecular flexibility index (Phi) is 6.93. The lowest BCUT2D eigenvalue weighted by Gasteiger charge is -2.25. The van der Waals surface area contributed by atoms with Crippen LogP contribution in [0.15, 0.2) is 66.2 Å². The number of hydrogen-bond acceptors (Lipinski definition) is 4. The van der Waals surface area contributed by atoms with E-state index in [1.807, 2.05) is 48.0 Å². The van der Waals surface area contributed by atoms with E-state index in [0.717, 1.165) is 22.4 Å². The monoisotopic (exact) mass is 492 g/mol. The van der Waals surface area contributed by atoms with Crippen LogP contribution in [0.2, 0.25) is 5.02 Å². The van der Waals surface area contributed by atoms with E-state index in [2.05, 4.69) is 0 Å². The van der Waals surface area contributed by atoms with Gasteiger partial charge >= 0.3 is 0 Å². The Morgan fingerprint density at radius 2 is 1.74 bits per heavy atom. The average Bonchev–Trinajstić information content (AvgIpc) is 3.19. The lowest BCUT2D eigenvalue weighted by Crippen LogP contribution is -2.37. The van der Waals surface area contributed by atoms with E-state index < -0.39 is 11.8 Å². The van der Waals surface area contributed by atoms with Gasteiger partial charge < -0.3 is 25.7 Å². The number of rotatable bonds is 7. The molecular formula is C26H25ClN4O4. The second-order valence-corrected chi connectivity index (χ2v) is 8.61. The minimum absolute atomic E-state index is 0.159. The Hall–Kier alpha value is -4.04. The molecule has 2 aromatic carbocycles. The van der Waals surface area contributed by atoms with Crippen molar-refractivity contribution in [2.75, 3.05) is 19.7 Å². The normalized spacial score (nSPS) is 13.3. The summed E-state index contributed by atoms with van der Waals surface area (Å²) >= 11 is 6.53. The predicted molar refractivity (Wildman–Crippen MR) is 134 cm³/mol. The van der Waals surface area contributed by atoms with Crippen LogP contribution in [0.1, 0.15) is 16.9 Å². The summed E-state index contributed by atoms with van der Waals surface area (Å²) in [5.41, 5.74) is 14.8. The fourth-order valence-corrected chi connectivity index (χ4v) is 4.38. The molecule has 0 spiro atoms. The summed E-state index contributed by atoms with van der Waals surface area (Å²) in [6.07, 6.45) is 2.12. The molecule has 3 aromatic rings. The van der Waals surface area contributed by atoms with Gasteiger partial charge in [-0.15, -0.1) is 0 Å². The van der Waals surface area contributed by atoms with Crippen molar-refractivity contribution in [1.82, 2.24) is 9.47 Å². The van der Waals surface area contributed by atoms with Gasteiger partial charge in [-0.05, 0) is 48.4 Å². The number of aromatic nitrogens is 1. The molecule has 1 aliphatic rings. The number of benzene rings is 2. The van der Waals surface area contributed by atoms with E-state index in [4.69, 9.17) is 27.8 Å². The first-order valence-corrected chi connectivity index (χ1v) is 11.4. The second-order valence-electron chi connectivity index (χ2n) is 8.20. The summed E-state index contributed by atoms with van der Waals surface area (Å²) in [7, 11) is 1.83. The van der Waals surface area contributed by atoms with Crippen LogP contribution in [0.25, 0.3) is 22.4 Å². The van der Waals surface area contributed by atoms with Crippen molar-refractivity contribution in [1.29, 1.82) is 0 Å². The van der Waals surface area contributed by atoms with Crippen LogP contribution in [0, 0.1) is 0 Å². The topological polar surface area (TPSA) is 121 Å². The third-order valence-electron chi connectivity index (χ3n) is 5.94. The maximum atomic E-state index is 13.5. The minimum Gasteiger partial charge on any atom is -0.484 e. The number of ether oxygens (including phenoxy) is 1. The van der Waals surface area contributed by atoms with Gasteiger partial charge in [-0.25, -0.2) is 0 Å². The van der Waals surface area contributed by atoms with Crippen LogP contribution in [0.5, 0.6) is 5.75 Å². The van der Waals surface area contributed by atoms with Crippen molar-refractivity contribution in [3.05, 3.63) is 77.0 Å². The SMILES string of the molecule is Cn1c(C(=O)N2CC=C(C(N)=O)CC2)cc(-c2ccccc2Cl)c1-c1ccc(OCC(N)=O)cc1. The van der Waals surface area contributed by atoms with Gasteiger partial charge in [0, 0.05) is 41.9 Å². The molecule has 1 aromatic heterocycles. The molecule has 8 nitrogen and oxygen atoms in total. The highest BCUT2D eigenvalue weighted by molar-refractivity contribution is 6.33. The first kappa shape index (κ1) is 24.1. The molecule has 9 heteroatoms. The molecule has 0 bridgehead atoms. The number of carbonyl (C=O) groups excluding carboxylic acids is 3.